The molecule has 0 aromatic carbocycles. The lowest BCUT2D eigenvalue weighted by atomic mass is 9.98. The molecule has 2 fully saturated rings. The number of rotatable bonds is 11. The fourth-order valence-corrected chi connectivity index (χ4v) is 3.60. The smallest absolute Gasteiger partial charge is 0.305 e. The van der Waals surface area contributed by atoms with Crippen molar-refractivity contribution in [3.8, 4) is 0 Å². The molecule has 10 atom stereocenters. The summed E-state index contributed by atoms with van der Waals surface area (Å²) in [4.78, 5) is 11.9. The fourth-order valence-electron chi connectivity index (χ4n) is 3.60. The van der Waals surface area contributed by atoms with Crippen LogP contribution in [-0.2, 0) is 23.7 Å². The molecule has 2 heterocycles. The van der Waals surface area contributed by atoms with E-state index in [9.17, 15) is 40.5 Å². The number of carbonyl (C=O) groups excluding carboxylic acids is 1. The summed E-state index contributed by atoms with van der Waals surface area (Å²) in [7, 11) is 0. The fraction of sp³-hybridized carbons (Fsp3) is 0.950. The van der Waals surface area contributed by atoms with E-state index in [2.05, 4.69) is 6.92 Å². The van der Waals surface area contributed by atoms with E-state index in [-0.39, 0.29) is 6.42 Å². The molecule has 12 nitrogen and oxygen atoms in total. The molecule has 188 valence electrons. The van der Waals surface area contributed by atoms with Crippen molar-refractivity contribution >= 4 is 5.97 Å². The summed E-state index contributed by atoms with van der Waals surface area (Å²) in [5.74, 6) is -0.496. The zero-order valence-corrected chi connectivity index (χ0v) is 18.1. The SMILES string of the molecule is CCCCCCCC(=O)OC[C@H]1O[C@H](O[C@H]2O[C@H](CO)[C@@H](O)[C@H](O)[C@H]2O)[C@H](O)[C@@H](O)[C@@H]1O. The van der Waals surface area contributed by atoms with Gasteiger partial charge in [0.25, 0.3) is 0 Å². The standard InChI is InChI=1S/C20H36O12/c1-2-3-4-5-6-7-12(22)29-9-11-14(24)16(26)18(28)20(31-11)32-19-17(27)15(25)13(23)10(8-21)30-19/h10-11,13-21,23-28H,2-9H2,1H3/t10-,11-,13-,14-,15+,16+,17-,18-,19-,20-/m1/s1. The third-order valence-electron chi connectivity index (χ3n) is 5.68. The van der Waals surface area contributed by atoms with Crippen LogP contribution in [0.25, 0.3) is 0 Å². The number of esters is 1. The second-order valence-electron chi connectivity index (χ2n) is 8.20. The van der Waals surface area contributed by atoms with Gasteiger partial charge in [0.05, 0.1) is 6.61 Å². The van der Waals surface area contributed by atoms with Crippen molar-refractivity contribution in [2.24, 2.45) is 0 Å². The van der Waals surface area contributed by atoms with Gasteiger partial charge in [-0.2, -0.15) is 0 Å². The largest absolute Gasteiger partial charge is 0.463 e. The molecule has 0 unspecified atom stereocenters. The molecule has 12 heteroatoms. The van der Waals surface area contributed by atoms with Crippen LogP contribution in [0.5, 0.6) is 0 Å². The van der Waals surface area contributed by atoms with Crippen molar-refractivity contribution in [1.82, 2.24) is 0 Å². The van der Waals surface area contributed by atoms with Gasteiger partial charge in [0.15, 0.2) is 12.6 Å². The number of aliphatic hydroxyl groups excluding tert-OH is 7. The molecule has 0 aromatic heterocycles. The Morgan fingerprint density at radius 1 is 0.750 bits per heavy atom. The summed E-state index contributed by atoms with van der Waals surface area (Å²) in [5.41, 5.74) is 0. The van der Waals surface area contributed by atoms with Gasteiger partial charge in [-0.25, -0.2) is 0 Å². The van der Waals surface area contributed by atoms with Crippen LogP contribution in [0.15, 0.2) is 0 Å². The number of carbonyl (C=O) groups is 1. The van der Waals surface area contributed by atoms with Crippen LogP contribution in [0.2, 0.25) is 0 Å². The van der Waals surface area contributed by atoms with Crippen LogP contribution in [0.1, 0.15) is 45.4 Å². The Balaban J connectivity index is 1.90. The number of aliphatic hydroxyl groups is 7. The first-order valence-electron chi connectivity index (χ1n) is 11.0. The van der Waals surface area contributed by atoms with E-state index in [0.717, 1.165) is 25.7 Å². The molecule has 2 aliphatic rings. The third kappa shape index (κ3) is 7.03. The van der Waals surface area contributed by atoms with Crippen molar-refractivity contribution < 1.29 is 59.5 Å². The van der Waals surface area contributed by atoms with Crippen LogP contribution < -0.4 is 0 Å². The van der Waals surface area contributed by atoms with Crippen LogP contribution in [0.3, 0.4) is 0 Å². The van der Waals surface area contributed by atoms with Gasteiger partial charge in [-0.3, -0.25) is 4.79 Å². The lowest BCUT2D eigenvalue weighted by Gasteiger charge is -2.44. The van der Waals surface area contributed by atoms with Crippen molar-refractivity contribution in [3.05, 3.63) is 0 Å². The molecule has 0 saturated carbocycles. The Morgan fingerprint density at radius 2 is 1.28 bits per heavy atom. The number of hydrogen-bond acceptors (Lipinski definition) is 12. The molecule has 7 N–H and O–H groups in total. The Hall–Kier alpha value is -0.930. The lowest BCUT2D eigenvalue weighted by molar-refractivity contribution is -0.376. The number of unbranched alkanes of at least 4 members (excludes halogenated alkanes) is 4. The molecule has 0 spiro atoms. The summed E-state index contributed by atoms with van der Waals surface area (Å²) in [6, 6.07) is 0. The molecular weight excluding hydrogens is 432 g/mol. The summed E-state index contributed by atoms with van der Waals surface area (Å²) in [5, 5.41) is 69.5. The summed E-state index contributed by atoms with van der Waals surface area (Å²) in [6.45, 7) is 0.994. The minimum absolute atomic E-state index is 0.197. The normalized spacial score (nSPS) is 40.2. The first kappa shape index (κ1) is 27.3. The monoisotopic (exact) mass is 468 g/mol. The van der Waals surface area contributed by atoms with E-state index in [1.54, 1.807) is 0 Å². The minimum Gasteiger partial charge on any atom is -0.463 e. The molecule has 0 aromatic rings. The summed E-state index contributed by atoms with van der Waals surface area (Å²) < 4.78 is 21.0. The average Bonchev–Trinajstić information content (AvgIpc) is 2.78. The number of ether oxygens (including phenoxy) is 4. The zero-order chi connectivity index (χ0) is 23.8. The van der Waals surface area contributed by atoms with Crippen LogP contribution in [-0.4, -0.2) is 116 Å². The van der Waals surface area contributed by atoms with E-state index in [0.29, 0.717) is 6.42 Å². The van der Waals surface area contributed by atoms with Gasteiger partial charge >= 0.3 is 5.97 Å². The maximum absolute atomic E-state index is 11.9. The van der Waals surface area contributed by atoms with Crippen LogP contribution >= 0.6 is 0 Å². The van der Waals surface area contributed by atoms with E-state index in [4.69, 9.17) is 18.9 Å². The molecular formula is C20H36O12. The molecule has 0 bridgehead atoms. The summed E-state index contributed by atoms with van der Waals surface area (Å²) in [6.07, 6.45) is -10.9. The Morgan fingerprint density at radius 3 is 1.84 bits per heavy atom. The molecule has 0 amide bonds. The van der Waals surface area contributed by atoms with E-state index < -0.39 is 80.6 Å². The van der Waals surface area contributed by atoms with Gasteiger partial charge in [0.1, 0.15) is 55.4 Å². The Bertz CT molecular complexity index is 561. The predicted octanol–water partition coefficient (Wildman–Crippen LogP) is -2.49. The molecule has 2 rings (SSSR count). The van der Waals surface area contributed by atoms with Crippen LogP contribution in [0.4, 0.5) is 0 Å². The zero-order valence-electron chi connectivity index (χ0n) is 18.1. The van der Waals surface area contributed by atoms with E-state index in [1.807, 2.05) is 0 Å². The van der Waals surface area contributed by atoms with Gasteiger partial charge in [-0.1, -0.05) is 32.6 Å². The van der Waals surface area contributed by atoms with Gasteiger partial charge in [0, 0.05) is 6.42 Å². The highest BCUT2D eigenvalue weighted by Crippen LogP contribution is 2.28. The maximum Gasteiger partial charge on any atom is 0.305 e. The molecule has 0 aliphatic carbocycles. The predicted molar refractivity (Wildman–Crippen MR) is 106 cm³/mol. The first-order chi connectivity index (χ1) is 15.2. The maximum atomic E-state index is 11.9. The van der Waals surface area contributed by atoms with E-state index >= 15 is 0 Å². The minimum atomic E-state index is -1.76. The van der Waals surface area contributed by atoms with Crippen molar-refractivity contribution in [3.63, 3.8) is 0 Å². The Labute approximate surface area is 186 Å². The van der Waals surface area contributed by atoms with Crippen molar-refractivity contribution in [2.75, 3.05) is 13.2 Å². The molecule has 2 saturated heterocycles. The molecule has 32 heavy (non-hydrogen) atoms. The molecule has 0 radical (unpaired) electrons. The third-order valence-corrected chi connectivity index (χ3v) is 5.68. The highest BCUT2D eigenvalue weighted by atomic mass is 16.8. The average molecular weight is 468 g/mol. The Kier molecular flexibility index (Phi) is 11.2. The van der Waals surface area contributed by atoms with Crippen molar-refractivity contribution in [1.29, 1.82) is 0 Å². The van der Waals surface area contributed by atoms with Crippen molar-refractivity contribution in [2.45, 2.75) is 107 Å². The quantitative estimate of drug-likeness (QED) is 0.125. The van der Waals surface area contributed by atoms with Gasteiger partial charge < -0.3 is 54.7 Å². The second-order valence-corrected chi connectivity index (χ2v) is 8.20. The highest BCUT2D eigenvalue weighted by molar-refractivity contribution is 5.69. The topological polar surface area (TPSA) is 196 Å². The number of hydrogen-bond donors (Lipinski definition) is 7. The first-order valence-corrected chi connectivity index (χ1v) is 11.0. The van der Waals surface area contributed by atoms with Crippen LogP contribution in [0, 0.1) is 0 Å². The summed E-state index contributed by atoms with van der Waals surface area (Å²) >= 11 is 0. The van der Waals surface area contributed by atoms with Gasteiger partial charge in [0.2, 0.25) is 0 Å². The second kappa shape index (κ2) is 13.1. The molecule has 2 aliphatic heterocycles. The van der Waals surface area contributed by atoms with Gasteiger partial charge in [-0.15, -0.1) is 0 Å². The van der Waals surface area contributed by atoms with Gasteiger partial charge in [-0.05, 0) is 6.42 Å². The lowest BCUT2D eigenvalue weighted by Crippen LogP contribution is -2.63. The van der Waals surface area contributed by atoms with E-state index in [1.165, 1.54) is 0 Å². The highest BCUT2D eigenvalue weighted by Gasteiger charge is 2.49.